The molecule has 0 saturated carbocycles. The first-order valence-corrected chi connectivity index (χ1v) is 7.23. The lowest BCUT2D eigenvalue weighted by molar-refractivity contribution is 0.835. The zero-order valence-corrected chi connectivity index (χ0v) is 12.3. The summed E-state index contributed by atoms with van der Waals surface area (Å²) in [6, 6.07) is 1.92. The normalized spacial score (nSPS) is 10.5. The van der Waals surface area contributed by atoms with Gasteiger partial charge in [-0.3, -0.25) is 0 Å². The van der Waals surface area contributed by atoms with Gasteiger partial charge in [0, 0.05) is 30.6 Å². The van der Waals surface area contributed by atoms with E-state index >= 15 is 0 Å². The molecule has 5 nitrogen and oxygen atoms in total. The molecule has 0 spiro atoms. The molecule has 0 radical (unpaired) electrons. The first-order valence-electron chi connectivity index (χ1n) is 6.42. The third-order valence-electron chi connectivity index (χ3n) is 2.59. The molecule has 0 bridgehead atoms. The molecule has 0 amide bonds. The highest BCUT2D eigenvalue weighted by atomic mass is 32.1. The summed E-state index contributed by atoms with van der Waals surface area (Å²) in [5.41, 5.74) is 0. The lowest BCUT2D eigenvalue weighted by atomic mass is 10.3. The Morgan fingerprint density at radius 1 is 1.26 bits per heavy atom. The van der Waals surface area contributed by atoms with Crippen LogP contribution in [0.5, 0.6) is 0 Å². The van der Waals surface area contributed by atoms with Crippen LogP contribution in [0.15, 0.2) is 12.3 Å². The van der Waals surface area contributed by atoms with E-state index in [0.29, 0.717) is 6.54 Å². The molecule has 2 aromatic rings. The van der Waals surface area contributed by atoms with Crippen LogP contribution in [0.2, 0.25) is 0 Å². The second kappa shape index (κ2) is 6.47. The molecule has 2 aromatic heterocycles. The van der Waals surface area contributed by atoms with E-state index in [1.807, 2.05) is 19.3 Å². The number of hydrogen-bond donors (Lipinski definition) is 2. The van der Waals surface area contributed by atoms with Gasteiger partial charge in [-0.2, -0.15) is 0 Å². The van der Waals surface area contributed by atoms with Crippen molar-refractivity contribution in [1.82, 2.24) is 15.0 Å². The van der Waals surface area contributed by atoms with Crippen LogP contribution in [-0.4, -0.2) is 22.0 Å². The van der Waals surface area contributed by atoms with Gasteiger partial charge in [-0.1, -0.05) is 6.92 Å². The maximum Gasteiger partial charge on any atom is 0.133 e. The largest absolute Gasteiger partial charge is 0.373 e. The summed E-state index contributed by atoms with van der Waals surface area (Å²) in [5, 5.41) is 7.44. The SMILES string of the molecule is CCCc1nc(NC)cc(NCc2ncc(C)s2)n1. The summed E-state index contributed by atoms with van der Waals surface area (Å²) in [5.74, 6) is 2.55. The lowest BCUT2D eigenvalue weighted by Crippen LogP contribution is -2.06. The van der Waals surface area contributed by atoms with Crippen LogP contribution in [0.3, 0.4) is 0 Å². The van der Waals surface area contributed by atoms with Crippen LogP contribution in [0, 0.1) is 6.92 Å². The standard InChI is InChI=1S/C13H19N5S/c1-4-5-10-17-11(14-3)6-12(18-10)15-8-13-16-7-9(2)19-13/h6-7H,4-5,8H2,1-3H3,(H2,14,15,17,18). The summed E-state index contributed by atoms with van der Waals surface area (Å²) < 4.78 is 0. The Labute approximate surface area is 117 Å². The summed E-state index contributed by atoms with van der Waals surface area (Å²) in [7, 11) is 1.87. The van der Waals surface area contributed by atoms with Gasteiger partial charge in [-0.15, -0.1) is 11.3 Å². The van der Waals surface area contributed by atoms with E-state index < -0.39 is 0 Å². The van der Waals surface area contributed by atoms with Crippen molar-refractivity contribution < 1.29 is 0 Å². The predicted molar refractivity (Wildman–Crippen MR) is 79.8 cm³/mol. The second-order valence-electron chi connectivity index (χ2n) is 4.27. The zero-order valence-electron chi connectivity index (χ0n) is 11.5. The minimum atomic E-state index is 0.699. The zero-order chi connectivity index (χ0) is 13.7. The Morgan fingerprint density at radius 2 is 2.05 bits per heavy atom. The van der Waals surface area contributed by atoms with Crippen molar-refractivity contribution in [1.29, 1.82) is 0 Å². The monoisotopic (exact) mass is 277 g/mol. The van der Waals surface area contributed by atoms with Crippen molar-refractivity contribution in [2.24, 2.45) is 0 Å². The van der Waals surface area contributed by atoms with E-state index in [4.69, 9.17) is 0 Å². The molecule has 0 atom stereocenters. The van der Waals surface area contributed by atoms with Gasteiger partial charge in [-0.25, -0.2) is 15.0 Å². The summed E-state index contributed by atoms with van der Waals surface area (Å²) >= 11 is 1.70. The number of thiazole rings is 1. The molecule has 0 saturated heterocycles. The highest BCUT2D eigenvalue weighted by Crippen LogP contribution is 2.15. The number of nitrogens with one attached hydrogen (secondary N) is 2. The highest BCUT2D eigenvalue weighted by molar-refractivity contribution is 7.11. The van der Waals surface area contributed by atoms with E-state index in [2.05, 4.69) is 39.4 Å². The Hall–Kier alpha value is -1.69. The van der Waals surface area contributed by atoms with Gasteiger partial charge in [0.25, 0.3) is 0 Å². The molecule has 19 heavy (non-hydrogen) atoms. The maximum absolute atomic E-state index is 4.51. The molecule has 102 valence electrons. The van der Waals surface area contributed by atoms with Crippen LogP contribution < -0.4 is 10.6 Å². The van der Waals surface area contributed by atoms with Gasteiger partial charge in [0.2, 0.25) is 0 Å². The van der Waals surface area contributed by atoms with E-state index in [9.17, 15) is 0 Å². The predicted octanol–water partition coefficient (Wildman–Crippen LogP) is 2.85. The Bertz CT molecular complexity index is 538. The van der Waals surface area contributed by atoms with Gasteiger partial charge in [-0.05, 0) is 13.3 Å². The van der Waals surface area contributed by atoms with E-state index in [0.717, 1.165) is 35.3 Å². The van der Waals surface area contributed by atoms with Gasteiger partial charge in [0.15, 0.2) is 0 Å². The van der Waals surface area contributed by atoms with Crippen LogP contribution in [-0.2, 0) is 13.0 Å². The number of hydrogen-bond acceptors (Lipinski definition) is 6. The molecule has 0 aliphatic heterocycles. The number of aromatic nitrogens is 3. The maximum atomic E-state index is 4.51. The smallest absolute Gasteiger partial charge is 0.133 e. The van der Waals surface area contributed by atoms with E-state index in [1.165, 1.54) is 4.88 Å². The third-order valence-corrected chi connectivity index (χ3v) is 3.50. The molecule has 0 aliphatic rings. The Kier molecular flexibility index (Phi) is 4.68. The van der Waals surface area contributed by atoms with Crippen molar-refractivity contribution in [3.8, 4) is 0 Å². The van der Waals surface area contributed by atoms with Crippen molar-refractivity contribution in [3.05, 3.63) is 28.0 Å². The summed E-state index contributed by atoms with van der Waals surface area (Å²) in [6.45, 7) is 4.88. The molecule has 2 heterocycles. The van der Waals surface area contributed by atoms with Crippen molar-refractivity contribution in [3.63, 3.8) is 0 Å². The molecular formula is C13H19N5S. The molecule has 0 aliphatic carbocycles. The Balaban J connectivity index is 2.08. The molecule has 2 rings (SSSR count). The van der Waals surface area contributed by atoms with Gasteiger partial charge >= 0.3 is 0 Å². The number of rotatable bonds is 6. The molecule has 2 N–H and O–H groups in total. The topological polar surface area (TPSA) is 62.7 Å². The fraction of sp³-hybridized carbons (Fsp3) is 0.462. The third kappa shape index (κ3) is 3.89. The van der Waals surface area contributed by atoms with Crippen LogP contribution in [0.1, 0.15) is 29.1 Å². The first-order chi connectivity index (χ1) is 9.21. The molecule has 0 aromatic carbocycles. The van der Waals surface area contributed by atoms with E-state index in [-0.39, 0.29) is 0 Å². The van der Waals surface area contributed by atoms with Gasteiger partial charge in [0.1, 0.15) is 22.5 Å². The lowest BCUT2D eigenvalue weighted by Gasteiger charge is -2.08. The minimum absolute atomic E-state index is 0.699. The molecular weight excluding hydrogens is 258 g/mol. The van der Waals surface area contributed by atoms with Crippen LogP contribution in [0.25, 0.3) is 0 Å². The van der Waals surface area contributed by atoms with Gasteiger partial charge < -0.3 is 10.6 Å². The first kappa shape index (κ1) is 13.7. The summed E-state index contributed by atoms with van der Waals surface area (Å²) in [4.78, 5) is 14.5. The molecule has 0 fully saturated rings. The minimum Gasteiger partial charge on any atom is -0.373 e. The van der Waals surface area contributed by atoms with Crippen LogP contribution in [0.4, 0.5) is 11.6 Å². The highest BCUT2D eigenvalue weighted by Gasteiger charge is 2.04. The van der Waals surface area contributed by atoms with E-state index in [1.54, 1.807) is 11.3 Å². The average molecular weight is 277 g/mol. The average Bonchev–Trinajstić information content (AvgIpc) is 2.82. The molecule has 0 unspecified atom stereocenters. The van der Waals surface area contributed by atoms with Crippen molar-refractivity contribution in [2.45, 2.75) is 33.2 Å². The number of anilines is 2. The summed E-state index contributed by atoms with van der Waals surface area (Å²) in [6.07, 6.45) is 3.82. The number of aryl methyl sites for hydroxylation is 2. The van der Waals surface area contributed by atoms with Crippen molar-refractivity contribution >= 4 is 23.0 Å². The van der Waals surface area contributed by atoms with Crippen molar-refractivity contribution in [2.75, 3.05) is 17.7 Å². The Morgan fingerprint density at radius 3 is 2.68 bits per heavy atom. The quantitative estimate of drug-likeness (QED) is 0.850. The number of nitrogens with zero attached hydrogens (tertiary/aromatic N) is 3. The fourth-order valence-corrected chi connectivity index (χ4v) is 2.43. The van der Waals surface area contributed by atoms with Crippen LogP contribution >= 0.6 is 11.3 Å². The molecule has 6 heteroatoms. The van der Waals surface area contributed by atoms with Gasteiger partial charge in [0.05, 0.1) is 6.54 Å². The fourth-order valence-electron chi connectivity index (χ4n) is 1.70. The second-order valence-corrected chi connectivity index (χ2v) is 5.59.